The van der Waals surface area contributed by atoms with Gasteiger partial charge in [0.05, 0.1) is 17.7 Å². The molecule has 8 heteroatoms. The summed E-state index contributed by atoms with van der Waals surface area (Å²) in [5.41, 5.74) is 1.37. The number of thioether (sulfide) groups is 1. The van der Waals surface area contributed by atoms with Crippen molar-refractivity contribution in [2.45, 2.75) is 29.9 Å². The van der Waals surface area contributed by atoms with Crippen LogP contribution in [0.2, 0.25) is 5.02 Å². The number of carbonyl (C=O) groups excluding carboxylic acids is 1. The van der Waals surface area contributed by atoms with E-state index in [0.717, 1.165) is 44.6 Å². The van der Waals surface area contributed by atoms with Crippen LogP contribution >= 0.6 is 34.7 Å². The molecule has 3 aromatic rings. The average Bonchev–Trinajstić information content (AvgIpc) is 3.27. The van der Waals surface area contributed by atoms with Crippen molar-refractivity contribution in [1.29, 1.82) is 0 Å². The van der Waals surface area contributed by atoms with E-state index in [9.17, 15) is 4.79 Å². The Hall–Kier alpha value is -1.83. The number of halogens is 1. The van der Waals surface area contributed by atoms with Crippen LogP contribution in [0.5, 0.6) is 0 Å². The summed E-state index contributed by atoms with van der Waals surface area (Å²) < 4.78 is 0. The second-order valence-corrected chi connectivity index (χ2v) is 9.34. The van der Waals surface area contributed by atoms with Gasteiger partial charge in [-0.2, -0.15) is 0 Å². The normalized spacial score (nSPS) is 13.0. The molecule has 2 heterocycles. The lowest BCUT2D eigenvalue weighted by Crippen LogP contribution is -2.33. The highest BCUT2D eigenvalue weighted by atomic mass is 35.5. The molecule has 0 radical (unpaired) electrons. The van der Waals surface area contributed by atoms with Crippen LogP contribution in [0.15, 0.2) is 29.2 Å². The molecule has 0 unspecified atom stereocenters. The van der Waals surface area contributed by atoms with Crippen LogP contribution in [0, 0.1) is 0 Å². The summed E-state index contributed by atoms with van der Waals surface area (Å²) in [6.07, 6.45) is 3.37. The van der Waals surface area contributed by atoms with E-state index in [1.165, 1.54) is 16.9 Å². The Labute approximate surface area is 177 Å². The van der Waals surface area contributed by atoms with Crippen molar-refractivity contribution in [3.63, 3.8) is 0 Å². The van der Waals surface area contributed by atoms with Gasteiger partial charge in [0.15, 0.2) is 0 Å². The number of benzene rings is 1. The average molecular weight is 433 g/mol. The van der Waals surface area contributed by atoms with E-state index in [2.05, 4.69) is 5.32 Å². The maximum absolute atomic E-state index is 11.9. The first-order chi connectivity index (χ1) is 13.5. The molecule has 0 saturated heterocycles. The Morgan fingerprint density at radius 1 is 1.29 bits per heavy atom. The number of fused-ring (bicyclic) bond motifs is 3. The lowest BCUT2D eigenvalue weighted by atomic mass is 10.2. The van der Waals surface area contributed by atoms with E-state index < -0.39 is 0 Å². The molecular weight excluding hydrogens is 412 g/mol. The fraction of sp³-hybridized carbons (Fsp3) is 0.350. The van der Waals surface area contributed by atoms with E-state index in [1.807, 2.05) is 36.2 Å². The zero-order valence-corrected chi connectivity index (χ0v) is 18.2. The SMILES string of the molecule is CNC(=O)CN(C)c1nc(CSc2ccc(Cl)cc2)nc2sc3c(c12)CCC3. The Balaban J connectivity index is 1.67. The third-order valence-electron chi connectivity index (χ3n) is 4.79. The van der Waals surface area contributed by atoms with E-state index in [4.69, 9.17) is 21.6 Å². The summed E-state index contributed by atoms with van der Waals surface area (Å²) in [7, 11) is 3.58. The number of aryl methyl sites for hydroxylation is 2. The zero-order valence-electron chi connectivity index (χ0n) is 15.8. The van der Waals surface area contributed by atoms with E-state index in [0.29, 0.717) is 5.75 Å². The van der Waals surface area contributed by atoms with Gasteiger partial charge < -0.3 is 10.2 Å². The summed E-state index contributed by atoms with van der Waals surface area (Å²) in [6, 6.07) is 7.79. The van der Waals surface area contributed by atoms with Crippen molar-refractivity contribution in [1.82, 2.24) is 15.3 Å². The van der Waals surface area contributed by atoms with Crippen molar-refractivity contribution in [2.24, 2.45) is 0 Å². The summed E-state index contributed by atoms with van der Waals surface area (Å²) in [5, 5.41) is 4.55. The quantitative estimate of drug-likeness (QED) is 0.588. The number of aromatic nitrogens is 2. The number of amides is 1. The predicted octanol–water partition coefficient (Wildman–Crippen LogP) is 4.31. The third-order valence-corrected chi connectivity index (χ3v) is 7.24. The van der Waals surface area contributed by atoms with Crippen LogP contribution in [0.25, 0.3) is 10.2 Å². The largest absolute Gasteiger partial charge is 0.358 e. The molecule has 0 fully saturated rings. The number of nitrogens with zero attached hydrogens (tertiary/aromatic N) is 3. The van der Waals surface area contributed by atoms with E-state index in [1.54, 1.807) is 30.1 Å². The second-order valence-electron chi connectivity index (χ2n) is 6.77. The Bertz CT molecular complexity index is 1020. The van der Waals surface area contributed by atoms with Gasteiger partial charge in [-0.3, -0.25) is 4.79 Å². The van der Waals surface area contributed by atoms with Crippen LogP contribution in [-0.2, 0) is 23.4 Å². The number of thiophene rings is 1. The fourth-order valence-corrected chi connectivity index (χ4v) is 5.56. The molecule has 0 saturated carbocycles. The molecule has 0 spiro atoms. The van der Waals surface area contributed by atoms with E-state index in [-0.39, 0.29) is 12.5 Å². The molecule has 146 valence electrons. The van der Waals surface area contributed by atoms with Crippen LogP contribution in [-0.4, -0.2) is 36.5 Å². The van der Waals surface area contributed by atoms with Crippen molar-refractivity contribution < 1.29 is 4.79 Å². The smallest absolute Gasteiger partial charge is 0.239 e. The van der Waals surface area contributed by atoms with Crippen LogP contribution in [0.1, 0.15) is 22.7 Å². The molecule has 1 amide bonds. The number of carbonyl (C=O) groups is 1. The Kier molecular flexibility index (Phi) is 5.75. The topological polar surface area (TPSA) is 58.1 Å². The third kappa shape index (κ3) is 3.97. The monoisotopic (exact) mass is 432 g/mol. The van der Waals surface area contributed by atoms with Crippen LogP contribution < -0.4 is 10.2 Å². The maximum atomic E-state index is 11.9. The van der Waals surface area contributed by atoms with Gasteiger partial charge in [-0.15, -0.1) is 23.1 Å². The number of anilines is 1. The number of hydrogen-bond acceptors (Lipinski definition) is 6. The number of hydrogen-bond donors (Lipinski definition) is 1. The van der Waals surface area contributed by atoms with Gasteiger partial charge in [0.25, 0.3) is 0 Å². The highest BCUT2D eigenvalue weighted by Gasteiger charge is 2.24. The summed E-state index contributed by atoms with van der Waals surface area (Å²) in [4.78, 5) is 27.1. The zero-order chi connectivity index (χ0) is 19.7. The highest BCUT2D eigenvalue weighted by molar-refractivity contribution is 7.98. The molecule has 0 bridgehead atoms. The molecule has 1 aromatic carbocycles. The molecule has 0 atom stereocenters. The molecular formula is C20H21ClN4OS2. The van der Waals surface area contributed by atoms with Gasteiger partial charge in [-0.05, 0) is 49.1 Å². The van der Waals surface area contributed by atoms with Crippen LogP contribution in [0.4, 0.5) is 5.82 Å². The molecule has 28 heavy (non-hydrogen) atoms. The molecule has 0 aliphatic heterocycles. The van der Waals surface area contributed by atoms with Crippen LogP contribution in [0.3, 0.4) is 0 Å². The fourth-order valence-electron chi connectivity index (χ4n) is 3.41. The second kappa shape index (κ2) is 8.27. The maximum Gasteiger partial charge on any atom is 0.239 e. The molecule has 1 aliphatic carbocycles. The van der Waals surface area contributed by atoms with Gasteiger partial charge in [-0.25, -0.2) is 9.97 Å². The lowest BCUT2D eigenvalue weighted by molar-refractivity contribution is -0.119. The molecule has 1 aliphatic rings. The minimum atomic E-state index is -0.0294. The molecule has 5 nitrogen and oxygen atoms in total. The number of likely N-dealkylation sites (N-methyl/N-ethyl adjacent to an activating group) is 2. The summed E-state index contributed by atoms with van der Waals surface area (Å²) in [6.45, 7) is 0.275. The van der Waals surface area contributed by atoms with Gasteiger partial charge in [0.1, 0.15) is 16.5 Å². The molecule has 2 aromatic heterocycles. The first-order valence-corrected chi connectivity index (χ1v) is 11.3. The van der Waals surface area contributed by atoms with Crippen molar-refractivity contribution in [3.05, 3.63) is 45.6 Å². The first kappa shape index (κ1) is 19.5. The summed E-state index contributed by atoms with van der Waals surface area (Å²) in [5.74, 6) is 2.28. The molecule has 1 N–H and O–H groups in total. The van der Waals surface area contributed by atoms with Gasteiger partial charge in [0.2, 0.25) is 5.91 Å². The number of rotatable bonds is 6. The lowest BCUT2D eigenvalue weighted by Gasteiger charge is -2.19. The first-order valence-electron chi connectivity index (χ1n) is 9.16. The Morgan fingerprint density at radius 3 is 2.82 bits per heavy atom. The number of nitrogens with one attached hydrogen (secondary N) is 1. The predicted molar refractivity (Wildman–Crippen MR) is 118 cm³/mol. The van der Waals surface area contributed by atoms with Gasteiger partial charge in [-0.1, -0.05) is 11.6 Å². The minimum absolute atomic E-state index is 0.0294. The van der Waals surface area contributed by atoms with Crippen molar-refractivity contribution >= 4 is 56.6 Å². The van der Waals surface area contributed by atoms with Crippen molar-refractivity contribution in [3.8, 4) is 0 Å². The Morgan fingerprint density at radius 2 is 2.07 bits per heavy atom. The highest BCUT2D eigenvalue weighted by Crippen LogP contribution is 2.40. The van der Waals surface area contributed by atoms with Gasteiger partial charge >= 0.3 is 0 Å². The summed E-state index contributed by atoms with van der Waals surface area (Å²) >= 11 is 9.43. The molecule has 4 rings (SSSR count). The van der Waals surface area contributed by atoms with E-state index >= 15 is 0 Å². The van der Waals surface area contributed by atoms with Gasteiger partial charge in [0, 0.05) is 28.9 Å². The minimum Gasteiger partial charge on any atom is -0.358 e. The van der Waals surface area contributed by atoms with Crippen molar-refractivity contribution in [2.75, 3.05) is 25.5 Å². The standard InChI is InChI=1S/C20H21ClN4OS2/c1-22-17(26)10-25(2)19-18-14-4-3-5-15(14)28-20(18)24-16(23-19)11-27-13-8-6-12(21)7-9-13/h6-9H,3-5,10-11H2,1-2H3,(H,22,26).